The van der Waals surface area contributed by atoms with Gasteiger partial charge in [0.2, 0.25) is 0 Å². The molecule has 1 aromatic heterocycles. The fourth-order valence-corrected chi connectivity index (χ4v) is 3.38. The van der Waals surface area contributed by atoms with Crippen LogP contribution < -0.4 is 4.74 Å². The average molecular weight is 282 g/mol. The number of carbonyl (C=O) groups excluding carboxylic acids is 1. The van der Waals surface area contributed by atoms with Gasteiger partial charge in [0.25, 0.3) is 0 Å². The second-order valence-electron chi connectivity index (χ2n) is 4.42. The van der Waals surface area contributed by atoms with Gasteiger partial charge in [-0.1, -0.05) is 30.3 Å². The molecule has 0 fully saturated rings. The van der Waals surface area contributed by atoms with E-state index in [1.165, 1.54) is 10.1 Å². The molecule has 1 heterocycles. The number of hydrogen-bond donors (Lipinski definition) is 0. The van der Waals surface area contributed by atoms with Gasteiger partial charge in [0, 0.05) is 15.1 Å². The van der Waals surface area contributed by atoms with Gasteiger partial charge in [-0.2, -0.15) is 0 Å². The second-order valence-corrected chi connectivity index (χ2v) is 5.50. The summed E-state index contributed by atoms with van der Waals surface area (Å²) in [5.74, 6) is 0.650. The average Bonchev–Trinajstić information content (AvgIpc) is 2.91. The molecule has 0 aliphatic rings. The molecule has 3 rings (SSSR count). The van der Waals surface area contributed by atoms with Crippen LogP contribution in [0.5, 0.6) is 5.75 Å². The number of ether oxygens (including phenoxy) is 1. The maximum absolute atomic E-state index is 11.4. The monoisotopic (exact) mass is 282 g/mol. The van der Waals surface area contributed by atoms with E-state index >= 15 is 0 Å². The third-order valence-electron chi connectivity index (χ3n) is 3.17. The van der Waals surface area contributed by atoms with Gasteiger partial charge in [-0.3, -0.25) is 4.79 Å². The predicted octanol–water partition coefficient (Wildman–Crippen LogP) is 4.78. The Bertz CT molecular complexity index is 726. The van der Waals surface area contributed by atoms with Crippen molar-refractivity contribution >= 4 is 27.7 Å². The van der Waals surface area contributed by atoms with E-state index in [0.717, 1.165) is 16.7 Å². The Morgan fingerprint density at radius 3 is 2.75 bits per heavy atom. The van der Waals surface area contributed by atoms with E-state index in [0.29, 0.717) is 17.9 Å². The van der Waals surface area contributed by atoms with E-state index in [1.54, 1.807) is 11.3 Å². The molecule has 0 atom stereocenters. The molecule has 0 aliphatic carbocycles. The predicted molar refractivity (Wildman–Crippen MR) is 83.8 cm³/mol. The first kappa shape index (κ1) is 12.9. The maximum Gasteiger partial charge on any atom is 0.154 e. The summed E-state index contributed by atoms with van der Waals surface area (Å²) in [4.78, 5) is 12.5. The second kappa shape index (κ2) is 5.47. The summed E-state index contributed by atoms with van der Waals surface area (Å²) in [6, 6.07) is 16.1. The fraction of sp³-hybridized carbons (Fsp3) is 0.118. The van der Waals surface area contributed by atoms with Crippen LogP contribution in [0, 0.1) is 0 Å². The SMILES string of the molecule is CCOc1cccc(-c2cc3ccccc3s2)c1C=O. The van der Waals surface area contributed by atoms with Crippen molar-refractivity contribution in [2.75, 3.05) is 6.61 Å². The number of carbonyl (C=O) groups is 1. The highest BCUT2D eigenvalue weighted by Gasteiger charge is 2.12. The van der Waals surface area contributed by atoms with Crippen LogP contribution >= 0.6 is 11.3 Å². The quantitative estimate of drug-likeness (QED) is 0.644. The summed E-state index contributed by atoms with van der Waals surface area (Å²) in [6.45, 7) is 2.47. The lowest BCUT2D eigenvalue weighted by molar-refractivity contribution is 0.112. The lowest BCUT2D eigenvalue weighted by Crippen LogP contribution is -1.97. The van der Waals surface area contributed by atoms with E-state index in [-0.39, 0.29) is 0 Å². The summed E-state index contributed by atoms with van der Waals surface area (Å²) in [7, 11) is 0. The highest BCUT2D eigenvalue weighted by Crippen LogP contribution is 2.37. The molecule has 3 aromatic rings. The van der Waals surface area contributed by atoms with E-state index in [2.05, 4.69) is 18.2 Å². The first-order valence-corrected chi connectivity index (χ1v) is 7.35. The van der Waals surface area contributed by atoms with E-state index in [1.807, 2.05) is 37.3 Å². The first-order chi connectivity index (χ1) is 9.83. The summed E-state index contributed by atoms with van der Waals surface area (Å²) in [5, 5.41) is 1.20. The summed E-state index contributed by atoms with van der Waals surface area (Å²) in [5.41, 5.74) is 1.56. The number of aldehydes is 1. The molecule has 0 amide bonds. The minimum atomic E-state index is 0.552. The molecule has 2 nitrogen and oxygen atoms in total. The van der Waals surface area contributed by atoms with Crippen molar-refractivity contribution < 1.29 is 9.53 Å². The highest BCUT2D eigenvalue weighted by molar-refractivity contribution is 7.22. The Balaban J connectivity index is 2.17. The molecule has 100 valence electrons. The zero-order chi connectivity index (χ0) is 13.9. The standard InChI is InChI=1S/C17H14O2S/c1-2-19-15-8-5-7-13(14(15)11-18)17-10-12-6-3-4-9-16(12)20-17/h3-11H,2H2,1H3. The highest BCUT2D eigenvalue weighted by atomic mass is 32.1. The van der Waals surface area contributed by atoms with Crippen molar-refractivity contribution in [2.45, 2.75) is 6.92 Å². The largest absolute Gasteiger partial charge is 0.493 e. The van der Waals surface area contributed by atoms with E-state index in [9.17, 15) is 4.79 Å². The molecule has 0 aliphatic heterocycles. The Kier molecular flexibility index (Phi) is 3.52. The van der Waals surface area contributed by atoms with Crippen molar-refractivity contribution in [3.05, 3.63) is 54.1 Å². The van der Waals surface area contributed by atoms with Crippen LogP contribution in [0.2, 0.25) is 0 Å². The molecule has 0 radical (unpaired) electrons. The summed E-state index contributed by atoms with van der Waals surface area (Å²) in [6.07, 6.45) is 0.880. The Morgan fingerprint density at radius 2 is 2.00 bits per heavy atom. The van der Waals surface area contributed by atoms with Gasteiger partial charge in [0.05, 0.1) is 12.2 Å². The van der Waals surface area contributed by atoms with Crippen LogP contribution in [0.25, 0.3) is 20.5 Å². The van der Waals surface area contributed by atoms with Crippen molar-refractivity contribution in [3.8, 4) is 16.2 Å². The minimum Gasteiger partial charge on any atom is -0.493 e. The van der Waals surface area contributed by atoms with E-state index < -0.39 is 0 Å². The van der Waals surface area contributed by atoms with Gasteiger partial charge in [0.15, 0.2) is 6.29 Å². The van der Waals surface area contributed by atoms with Crippen LogP contribution in [0.15, 0.2) is 48.5 Å². The molecule has 0 saturated heterocycles. The number of rotatable bonds is 4. The van der Waals surface area contributed by atoms with E-state index in [4.69, 9.17) is 4.74 Å². The Hall–Kier alpha value is -2.13. The number of fused-ring (bicyclic) bond motifs is 1. The fourth-order valence-electron chi connectivity index (χ4n) is 2.28. The maximum atomic E-state index is 11.4. The molecule has 0 saturated carbocycles. The van der Waals surface area contributed by atoms with Crippen LogP contribution in [-0.4, -0.2) is 12.9 Å². The zero-order valence-corrected chi connectivity index (χ0v) is 11.9. The molecule has 2 aromatic carbocycles. The molecule has 3 heteroatoms. The smallest absolute Gasteiger partial charge is 0.154 e. The third kappa shape index (κ3) is 2.21. The molecule has 0 spiro atoms. The molecular formula is C17H14O2S. The van der Waals surface area contributed by atoms with Gasteiger partial charge in [0.1, 0.15) is 5.75 Å². The number of hydrogen-bond acceptors (Lipinski definition) is 3. The lowest BCUT2D eigenvalue weighted by Gasteiger charge is -2.09. The van der Waals surface area contributed by atoms with Crippen molar-refractivity contribution in [1.29, 1.82) is 0 Å². The van der Waals surface area contributed by atoms with Gasteiger partial charge in [-0.25, -0.2) is 0 Å². The molecular weight excluding hydrogens is 268 g/mol. The third-order valence-corrected chi connectivity index (χ3v) is 4.32. The van der Waals surface area contributed by atoms with Crippen LogP contribution in [0.1, 0.15) is 17.3 Å². The number of benzene rings is 2. The molecule has 0 N–H and O–H groups in total. The van der Waals surface area contributed by atoms with Crippen LogP contribution in [0.3, 0.4) is 0 Å². The molecule has 20 heavy (non-hydrogen) atoms. The molecule has 0 bridgehead atoms. The zero-order valence-electron chi connectivity index (χ0n) is 11.1. The Labute approximate surface area is 121 Å². The number of thiophene rings is 1. The normalized spacial score (nSPS) is 10.7. The van der Waals surface area contributed by atoms with Gasteiger partial charge < -0.3 is 4.74 Å². The van der Waals surface area contributed by atoms with Crippen molar-refractivity contribution in [1.82, 2.24) is 0 Å². The first-order valence-electron chi connectivity index (χ1n) is 6.53. The van der Waals surface area contributed by atoms with Crippen LogP contribution in [-0.2, 0) is 0 Å². The van der Waals surface area contributed by atoms with Crippen molar-refractivity contribution in [2.24, 2.45) is 0 Å². The Morgan fingerprint density at radius 1 is 1.15 bits per heavy atom. The minimum absolute atomic E-state index is 0.552. The topological polar surface area (TPSA) is 26.3 Å². The van der Waals surface area contributed by atoms with Gasteiger partial charge in [-0.15, -0.1) is 11.3 Å². The van der Waals surface area contributed by atoms with Gasteiger partial charge >= 0.3 is 0 Å². The van der Waals surface area contributed by atoms with Gasteiger partial charge in [-0.05, 0) is 30.5 Å². The lowest BCUT2D eigenvalue weighted by atomic mass is 10.1. The molecule has 0 unspecified atom stereocenters. The summed E-state index contributed by atoms with van der Waals surface area (Å²) >= 11 is 1.69. The van der Waals surface area contributed by atoms with Crippen molar-refractivity contribution in [3.63, 3.8) is 0 Å². The summed E-state index contributed by atoms with van der Waals surface area (Å²) < 4.78 is 6.76. The van der Waals surface area contributed by atoms with Crippen LogP contribution in [0.4, 0.5) is 0 Å².